The molecule has 0 saturated carbocycles. The number of carbonyl (C=O) groups is 2. The molecule has 1 atom stereocenters. The van der Waals surface area contributed by atoms with Crippen molar-refractivity contribution < 1.29 is 19.4 Å². The molecule has 1 heterocycles. The molecule has 1 amide bonds. The van der Waals surface area contributed by atoms with Gasteiger partial charge in [-0.2, -0.15) is 0 Å². The summed E-state index contributed by atoms with van der Waals surface area (Å²) in [6.45, 7) is 0.493. The minimum atomic E-state index is -0.941. The van der Waals surface area contributed by atoms with Gasteiger partial charge < -0.3 is 14.7 Å². The lowest BCUT2D eigenvalue weighted by molar-refractivity contribution is -0.141. The zero-order valence-corrected chi connectivity index (χ0v) is 10.1. The molecule has 5 nitrogen and oxygen atoms in total. The average molecular weight is 249 g/mol. The van der Waals surface area contributed by atoms with Gasteiger partial charge in [0.25, 0.3) is 5.91 Å². The van der Waals surface area contributed by atoms with Crippen LogP contribution in [0.3, 0.4) is 0 Å². The summed E-state index contributed by atoms with van der Waals surface area (Å²) in [7, 11) is 1.53. The standard InChI is InChI=1S/C13H15NO4/c1-18-10-5-2-4-9(8-10)12(15)14-7-3-6-11(14)13(16)17/h2,4-5,8,11H,3,6-7H2,1H3,(H,16,17)/t11-/m0/s1. The van der Waals surface area contributed by atoms with Crippen LogP contribution in [0.4, 0.5) is 0 Å². The van der Waals surface area contributed by atoms with E-state index in [1.165, 1.54) is 12.0 Å². The third kappa shape index (κ3) is 2.30. The highest BCUT2D eigenvalue weighted by molar-refractivity contribution is 5.97. The largest absolute Gasteiger partial charge is 0.497 e. The van der Waals surface area contributed by atoms with E-state index in [0.717, 1.165) is 6.42 Å². The highest BCUT2D eigenvalue weighted by atomic mass is 16.5. The molecule has 1 aliphatic rings. The highest BCUT2D eigenvalue weighted by Gasteiger charge is 2.34. The molecule has 5 heteroatoms. The number of amides is 1. The van der Waals surface area contributed by atoms with Crippen molar-refractivity contribution in [1.29, 1.82) is 0 Å². The number of hydrogen-bond acceptors (Lipinski definition) is 3. The van der Waals surface area contributed by atoms with Gasteiger partial charge in [0.15, 0.2) is 0 Å². The van der Waals surface area contributed by atoms with Gasteiger partial charge in [-0.15, -0.1) is 0 Å². The Balaban J connectivity index is 2.22. The Morgan fingerprint density at radius 2 is 2.22 bits per heavy atom. The van der Waals surface area contributed by atoms with Crippen molar-refractivity contribution in [3.63, 3.8) is 0 Å². The van der Waals surface area contributed by atoms with Crippen LogP contribution in [-0.2, 0) is 4.79 Å². The second-order valence-corrected chi connectivity index (χ2v) is 4.23. The molecule has 1 N–H and O–H groups in total. The predicted molar refractivity (Wildman–Crippen MR) is 64.7 cm³/mol. The van der Waals surface area contributed by atoms with Crippen LogP contribution in [0.1, 0.15) is 23.2 Å². The van der Waals surface area contributed by atoms with Crippen LogP contribution in [0.15, 0.2) is 24.3 Å². The Labute approximate surface area is 105 Å². The summed E-state index contributed by atoms with van der Waals surface area (Å²) in [6.07, 6.45) is 1.25. The smallest absolute Gasteiger partial charge is 0.326 e. The molecule has 0 unspecified atom stereocenters. The summed E-state index contributed by atoms with van der Waals surface area (Å²) in [6, 6.07) is 6.05. The van der Waals surface area contributed by atoms with Crippen molar-refractivity contribution in [3.8, 4) is 5.75 Å². The summed E-state index contributed by atoms with van der Waals surface area (Å²) in [5, 5.41) is 9.06. The SMILES string of the molecule is COc1cccc(C(=O)N2CCC[C@H]2C(=O)O)c1. The normalized spacial score (nSPS) is 18.7. The summed E-state index contributed by atoms with van der Waals surface area (Å²) >= 11 is 0. The maximum absolute atomic E-state index is 12.2. The number of benzene rings is 1. The molecule has 0 aromatic heterocycles. The van der Waals surface area contributed by atoms with E-state index < -0.39 is 12.0 Å². The Morgan fingerprint density at radius 1 is 1.44 bits per heavy atom. The first-order valence-electron chi connectivity index (χ1n) is 5.81. The fourth-order valence-corrected chi connectivity index (χ4v) is 2.19. The summed E-state index contributed by atoms with van der Waals surface area (Å²) in [5.74, 6) is -0.602. The molecule has 96 valence electrons. The van der Waals surface area contributed by atoms with Gasteiger partial charge >= 0.3 is 5.97 Å². The zero-order chi connectivity index (χ0) is 13.1. The topological polar surface area (TPSA) is 66.8 Å². The number of carbonyl (C=O) groups excluding carboxylic acids is 1. The third-order valence-corrected chi connectivity index (χ3v) is 3.12. The maximum Gasteiger partial charge on any atom is 0.326 e. The van der Waals surface area contributed by atoms with Crippen LogP contribution in [0.25, 0.3) is 0 Å². The number of rotatable bonds is 3. The molecule has 0 aliphatic carbocycles. The number of carboxylic acids is 1. The second-order valence-electron chi connectivity index (χ2n) is 4.23. The molecule has 1 fully saturated rings. The Bertz CT molecular complexity index is 472. The van der Waals surface area contributed by atoms with Gasteiger partial charge in [0.2, 0.25) is 0 Å². The number of nitrogens with zero attached hydrogens (tertiary/aromatic N) is 1. The molecule has 1 saturated heterocycles. The molecular formula is C13H15NO4. The van der Waals surface area contributed by atoms with E-state index in [2.05, 4.69) is 0 Å². The number of methoxy groups -OCH3 is 1. The van der Waals surface area contributed by atoms with Crippen molar-refractivity contribution in [2.24, 2.45) is 0 Å². The maximum atomic E-state index is 12.2. The van der Waals surface area contributed by atoms with Gasteiger partial charge in [0, 0.05) is 12.1 Å². The van der Waals surface area contributed by atoms with Crippen LogP contribution in [0.2, 0.25) is 0 Å². The number of carboxylic acid groups (broad SMARTS) is 1. The van der Waals surface area contributed by atoms with Crippen molar-refractivity contribution in [2.75, 3.05) is 13.7 Å². The fraction of sp³-hybridized carbons (Fsp3) is 0.385. The van der Waals surface area contributed by atoms with Crippen LogP contribution < -0.4 is 4.74 Å². The van der Waals surface area contributed by atoms with Crippen LogP contribution in [-0.4, -0.2) is 41.6 Å². The Morgan fingerprint density at radius 3 is 2.89 bits per heavy atom. The van der Waals surface area contributed by atoms with Gasteiger partial charge in [0.05, 0.1) is 7.11 Å². The van der Waals surface area contributed by atoms with Crippen LogP contribution >= 0.6 is 0 Å². The fourth-order valence-electron chi connectivity index (χ4n) is 2.19. The molecular weight excluding hydrogens is 234 g/mol. The molecule has 1 aromatic rings. The van der Waals surface area contributed by atoms with Gasteiger partial charge in [-0.05, 0) is 31.0 Å². The van der Waals surface area contributed by atoms with Crippen molar-refractivity contribution in [3.05, 3.63) is 29.8 Å². The molecule has 0 spiro atoms. The lowest BCUT2D eigenvalue weighted by atomic mass is 10.1. The minimum Gasteiger partial charge on any atom is -0.497 e. The van der Waals surface area contributed by atoms with Gasteiger partial charge in [-0.25, -0.2) is 4.79 Å². The first-order valence-corrected chi connectivity index (χ1v) is 5.81. The van der Waals surface area contributed by atoms with E-state index in [0.29, 0.717) is 24.3 Å². The number of likely N-dealkylation sites (tertiary alicyclic amines) is 1. The number of aliphatic carboxylic acids is 1. The Kier molecular flexibility index (Phi) is 3.50. The van der Waals surface area contributed by atoms with Gasteiger partial charge in [-0.1, -0.05) is 6.07 Å². The highest BCUT2D eigenvalue weighted by Crippen LogP contribution is 2.22. The summed E-state index contributed by atoms with van der Waals surface area (Å²) in [4.78, 5) is 24.7. The summed E-state index contributed by atoms with van der Waals surface area (Å²) < 4.78 is 5.05. The first kappa shape index (κ1) is 12.4. The molecule has 18 heavy (non-hydrogen) atoms. The van der Waals surface area contributed by atoms with E-state index in [-0.39, 0.29) is 5.91 Å². The van der Waals surface area contributed by atoms with Crippen LogP contribution in [0.5, 0.6) is 5.75 Å². The lowest BCUT2D eigenvalue weighted by Crippen LogP contribution is -2.40. The van der Waals surface area contributed by atoms with Crippen LogP contribution in [0, 0.1) is 0 Å². The monoisotopic (exact) mass is 249 g/mol. The second kappa shape index (κ2) is 5.08. The van der Waals surface area contributed by atoms with Crippen molar-refractivity contribution in [2.45, 2.75) is 18.9 Å². The predicted octanol–water partition coefficient (Wildman–Crippen LogP) is 1.38. The first-order chi connectivity index (χ1) is 8.63. The molecule has 0 bridgehead atoms. The third-order valence-electron chi connectivity index (χ3n) is 3.12. The summed E-state index contributed by atoms with van der Waals surface area (Å²) in [5.41, 5.74) is 0.461. The van der Waals surface area contributed by atoms with Gasteiger partial charge in [0.1, 0.15) is 11.8 Å². The molecule has 2 rings (SSSR count). The zero-order valence-electron chi connectivity index (χ0n) is 10.1. The molecule has 1 aromatic carbocycles. The van der Waals surface area contributed by atoms with Crippen molar-refractivity contribution in [1.82, 2.24) is 4.90 Å². The number of hydrogen-bond donors (Lipinski definition) is 1. The van der Waals surface area contributed by atoms with E-state index in [9.17, 15) is 9.59 Å². The van der Waals surface area contributed by atoms with E-state index >= 15 is 0 Å². The van der Waals surface area contributed by atoms with E-state index in [1.807, 2.05) is 0 Å². The molecule has 0 radical (unpaired) electrons. The average Bonchev–Trinajstić information content (AvgIpc) is 2.87. The van der Waals surface area contributed by atoms with E-state index in [1.54, 1.807) is 24.3 Å². The molecule has 1 aliphatic heterocycles. The number of ether oxygens (including phenoxy) is 1. The Hall–Kier alpha value is -2.04. The quantitative estimate of drug-likeness (QED) is 0.879. The van der Waals surface area contributed by atoms with Gasteiger partial charge in [-0.3, -0.25) is 4.79 Å². The lowest BCUT2D eigenvalue weighted by Gasteiger charge is -2.21. The van der Waals surface area contributed by atoms with E-state index in [4.69, 9.17) is 9.84 Å². The minimum absolute atomic E-state index is 0.251. The van der Waals surface area contributed by atoms with Crippen molar-refractivity contribution >= 4 is 11.9 Å².